The minimum absolute atomic E-state index is 0.0221. The van der Waals surface area contributed by atoms with Crippen LogP contribution in [0.3, 0.4) is 0 Å². The van der Waals surface area contributed by atoms with Crippen LogP contribution in [0, 0.1) is 10.7 Å². The molecule has 1 fully saturated rings. The summed E-state index contributed by atoms with van der Waals surface area (Å²) >= 11 is 5.62. The summed E-state index contributed by atoms with van der Waals surface area (Å²) in [6.45, 7) is 29.0. The maximum Gasteiger partial charge on any atom is 0.471 e. The van der Waals surface area contributed by atoms with Crippen LogP contribution < -0.4 is 5.56 Å². The molecule has 16 heteroatoms. The third-order valence-corrected chi connectivity index (χ3v) is 23.6. The maximum absolute atomic E-state index is 13.2. The summed E-state index contributed by atoms with van der Waals surface area (Å²) in [5, 5.41) is -0.723. The summed E-state index contributed by atoms with van der Waals surface area (Å²) in [7, 11) is -6.42. The molecule has 0 aromatic carbocycles. The third-order valence-electron chi connectivity index (χ3n) is 10.8. The number of halogens is 3. The topological polar surface area (TPSA) is 106 Å². The largest absolute Gasteiger partial charge is 0.471 e. The van der Waals surface area contributed by atoms with Crippen LogP contribution in [-0.2, 0) is 24.9 Å². The predicted octanol–water partition coefficient (Wildman–Crippen LogP) is 7.72. The molecule has 1 aliphatic heterocycles. The van der Waals surface area contributed by atoms with Crippen LogP contribution in [0.15, 0.2) is 11.0 Å². The highest BCUT2D eigenvalue weighted by atomic mass is 32.1. The number of hydrogen-bond acceptors (Lipinski definition) is 7. The number of amides is 1. The second-order valence-electron chi connectivity index (χ2n) is 17.3. The van der Waals surface area contributed by atoms with Gasteiger partial charge in [-0.2, -0.15) is 13.2 Å². The van der Waals surface area contributed by atoms with Gasteiger partial charge in [-0.3, -0.25) is 19.1 Å². The highest BCUT2D eigenvalue weighted by Gasteiger charge is 2.54. The molecule has 4 atom stereocenters. The van der Waals surface area contributed by atoms with Gasteiger partial charge < -0.3 is 23.3 Å². The first-order valence-corrected chi connectivity index (χ1v) is 25.3. The standard InChI is InChI=1S/C31H58F3N3O6SSi3/c1-28(2,3)46(12,13)41-19-22-23(43-47(14,15)29(4,5)6)21(16-30(7,8)45(10,11)40)25(42-22)37-18-20(24(38)35-27(37)44)17-36(9)26(39)31(32,33)34/h18,21-23,25,40H,16-17,19H2,1-15H3,(H,35,38,44)/t21-,22+,23?,25+/m0/s1. The Labute approximate surface area is 287 Å². The van der Waals surface area contributed by atoms with Crippen LogP contribution in [0.2, 0.25) is 54.4 Å². The van der Waals surface area contributed by atoms with E-state index in [1.54, 1.807) is 4.57 Å². The smallest absolute Gasteiger partial charge is 0.432 e. The van der Waals surface area contributed by atoms with E-state index in [2.05, 4.69) is 72.7 Å². The minimum Gasteiger partial charge on any atom is -0.432 e. The van der Waals surface area contributed by atoms with Crippen molar-refractivity contribution in [3.05, 3.63) is 26.9 Å². The lowest BCUT2D eigenvalue weighted by Gasteiger charge is -2.44. The molecular formula is C31H58F3N3O6SSi3. The van der Waals surface area contributed by atoms with E-state index in [0.29, 0.717) is 11.3 Å². The second-order valence-corrected chi connectivity index (χ2v) is 31.7. The van der Waals surface area contributed by atoms with Gasteiger partial charge in [0.25, 0.3) is 5.56 Å². The zero-order chi connectivity index (χ0) is 36.9. The molecule has 1 aliphatic rings. The zero-order valence-corrected chi connectivity index (χ0v) is 34.7. The van der Waals surface area contributed by atoms with E-state index in [1.165, 1.54) is 6.20 Å². The van der Waals surface area contributed by atoms with Gasteiger partial charge in [-0.15, -0.1) is 0 Å². The number of alkyl halides is 3. The molecule has 1 aromatic rings. The van der Waals surface area contributed by atoms with E-state index in [0.717, 1.165) is 7.05 Å². The zero-order valence-electron chi connectivity index (χ0n) is 30.9. The number of aromatic nitrogens is 2. The van der Waals surface area contributed by atoms with E-state index >= 15 is 0 Å². The average Bonchev–Trinajstić information content (AvgIpc) is 3.16. The highest BCUT2D eigenvalue weighted by molar-refractivity contribution is 7.71. The van der Waals surface area contributed by atoms with Crippen LogP contribution in [0.5, 0.6) is 0 Å². The summed E-state index contributed by atoms with van der Waals surface area (Å²) in [4.78, 5) is 39.2. The van der Waals surface area contributed by atoms with Gasteiger partial charge in [-0.25, -0.2) is 0 Å². The fourth-order valence-corrected chi connectivity index (χ4v) is 8.18. The van der Waals surface area contributed by atoms with E-state index in [1.807, 2.05) is 26.9 Å². The lowest BCUT2D eigenvalue weighted by atomic mass is 9.89. The summed E-state index contributed by atoms with van der Waals surface area (Å²) < 4.78 is 61.8. The monoisotopic (exact) mass is 741 g/mol. The highest BCUT2D eigenvalue weighted by Crippen LogP contribution is 2.51. The van der Waals surface area contributed by atoms with Gasteiger partial charge in [0.15, 0.2) is 29.7 Å². The van der Waals surface area contributed by atoms with Crippen LogP contribution in [-0.4, -0.2) is 82.1 Å². The summed E-state index contributed by atoms with van der Waals surface area (Å²) in [6, 6.07) is 0. The van der Waals surface area contributed by atoms with E-state index < -0.39 is 72.6 Å². The second kappa shape index (κ2) is 13.9. The summed E-state index contributed by atoms with van der Waals surface area (Å²) in [6.07, 6.45) is -5.06. The number of aromatic amines is 1. The van der Waals surface area contributed by atoms with Crippen LogP contribution >= 0.6 is 12.2 Å². The Hall–Kier alpha value is -1.15. The number of rotatable bonds is 11. The lowest BCUT2D eigenvalue weighted by molar-refractivity contribution is -0.184. The van der Waals surface area contributed by atoms with Crippen molar-refractivity contribution in [3.8, 4) is 0 Å². The molecule has 1 unspecified atom stereocenters. The number of carbonyl (C=O) groups excluding carboxylic acids is 1. The molecule has 2 rings (SSSR count). The van der Waals surface area contributed by atoms with Gasteiger partial charge in [0.05, 0.1) is 24.8 Å². The molecule has 0 aliphatic carbocycles. The number of H-pyrrole nitrogens is 1. The Balaban J connectivity index is 2.78. The van der Waals surface area contributed by atoms with Crippen molar-refractivity contribution in [1.82, 2.24) is 14.5 Å². The predicted molar refractivity (Wildman–Crippen MR) is 189 cm³/mol. The number of ether oxygens (including phenoxy) is 1. The van der Waals surface area contributed by atoms with Crippen molar-refractivity contribution in [2.24, 2.45) is 5.92 Å². The third kappa shape index (κ3) is 9.76. The molecule has 2 heterocycles. The summed E-state index contributed by atoms with van der Waals surface area (Å²) in [5.74, 6) is -2.45. The fourth-order valence-electron chi connectivity index (χ4n) is 4.82. The van der Waals surface area contributed by atoms with Gasteiger partial charge in [-0.05, 0) is 73.0 Å². The van der Waals surface area contributed by atoms with E-state index in [-0.39, 0.29) is 32.9 Å². The number of nitrogens with zero attached hydrogens (tertiary/aromatic N) is 2. The fraction of sp³-hybridized carbons (Fsp3) is 0.839. The van der Waals surface area contributed by atoms with Crippen molar-refractivity contribution in [1.29, 1.82) is 0 Å². The van der Waals surface area contributed by atoms with Crippen molar-refractivity contribution in [2.45, 2.75) is 147 Å². The van der Waals surface area contributed by atoms with Gasteiger partial charge in [0.1, 0.15) is 12.3 Å². The first-order valence-electron chi connectivity index (χ1n) is 16.1. The Kier molecular flexibility index (Phi) is 12.4. The van der Waals surface area contributed by atoms with Gasteiger partial charge in [0, 0.05) is 19.2 Å². The van der Waals surface area contributed by atoms with Crippen molar-refractivity contribution >= 4 is 43.1 Å². The molecule has 1 amide bonds. The molecule has 272 valence electrons. The molecule has 2 N–H and O–H groups in total. The Bertz CT molecular complexity index is 1390. The van der Waals surface area contributed by atoms with Crippen LogP contribution in [0.4, 0.5) is 13.2 Å². The molecule has 9 nitrogen and oxygen atoms in total. The SMILES string of the molecule is CN(Cc1cn([C@@H]2O[C@H](CO[Si](C)(C)C(C)(C)C)C(O[Si](C)(C)C(C)(C)C)[C@@H]2CC(C)(C)[Si](C)(C)O)c(=S)[nH]c1=O)C(=O)C(F)(F)F. The van der Waals surface area contributed by atoms with Crippen LogP contribution in [0.25, 0.3) is 0 Å². The lowest BCUT2D eigenvalue weighted by Crippen LogP contribution is -2.51. The molecular weight excluding hydrogens is 684 g/mol. The Morgan fingerprint density at radius 3 is 1.98 bits per heavy atom. The number of hydrogen-bond donors (Lipinski definition) is 2. The number of carbonyl (C=O) groups is 1. The van der Waals surface area contributed by atoms with Gasteiger partial charge >= 0.3 is 12.1 Å². The first kappa shape index (κ1) is 42.0. The first-order chi connectivity index (χ1) is 20.7. The molecule has 0 radical (unpaired) electrons. The van der Waals surface area contributed by atoms with Crippen molar-refractivity contribution < 1.29 is 36.4 Å². The molecule has 1 saturated heterocycles. The van der Waals surface area contributed by atoms with Crippen molar-refractivity contribution in [3.63, 3.8) is 0 Å². The van der Waals surface area contributed by atoms with Gasteiger partial charge in [0.2, 0.25) is 0 Å². The Morgan fingerprint density at radius 1 is 1.02 bits per heavy atom. The maximum atomic E-state index is 13.2. The average molecular weight is 742 g/mol. The molecule has 0 bridgehead atoms. The Morgan fingerprint density at radius 2 is 1.53 bits per heavy atom. The molecule has 1 aromatic heterocycles. The molecule has 0 spiro atoms. The molecule has 47 heavy (non-hydrogen) atoms. The summed E-state index contributed by atoms with van der Waals surface area (Å²) in [5.41, 5.74) is -0.779. The van der Waals surface area contributed by atoms with Crippen molar-refractivity contribution in [2.75, 3.05) is 13.7 Å². The quantitative estimate of drug-likeness (QED) is 0.177. The van der Waals surface area contributed by atoms with E-state index in [9.17, 15) is 27.6 Å². The van der Waals surface area contributed by atoms with Crippen LogP contribution in [0.1, 0.15) is 73.6 Å². The number of nitrogens with one attached hydrogen (secondary N) is 1. The van der Waals surface area contributed by atoms with Gasteiger partial charge in [-0.1, -0.05) is 55.4 Å². The van der Waals surface area contributed by atoms with E-state index in [4.69, 9.17) is 25.8 Å². The minimum atomic E-state index is -5.09. The molecule has 0 saturated carbocycles. The normalized spacial score (nSPS) is 22.1.